The van der Waals surface area contributed by atoms with Gasteiger partial charge in [0.05, 0.1) is 18.6 Å². The van der Waals surface area contributed by atoms with Gasteiger partial charge in [-0.3, -0.25) is 30.1 Å². The second-order valence-corrected chi connectivity index (χ2v) is 9.83. The first kappa shape index (κ1) is 24.0. The van der Waals surface area contributed by atoms with Crippen LogP contribution in [0.4, 0.5) is 0 Å². The second kappa shape index (κ2) is 8.45. The number of benzene rings is 1. The van der Waals surface area contributed by atoms with Crippen molar-refractivity contribution in [1.29, 1.82) is 10.8 Å². The Kier molecular flexibility index (Phi) is 5.63. The molecule has 8 N–H and O–H groups in total. The van der Waals surface area contributed by atoms with E-state index in [2.05, 4.69) is 21.3 Å². The van der Waals surface area contributed by atoms with Crippen molar-refractivity contribution in [3.63, 3.8) is 0 Å². The number of amides is 3. The SMILES string of the molecule is Cc1cccc(CCC(=O)N[C@H]2CN3C(=N)N[C@@H](CN4C(=O)CCC4=O)[C@@H]4NC(=N)N[C@@]43C2(O)O)c1. The number of hydrogen-bond acceptors (Lipinski definition) is 7. The minimum Gasteiger partial charge on any atom is -0.361 e. The molecule has 5 rings (SSSR count). The number of guanidine groups is 2. The number of hydrogen-bond donors (Lipinski definition) is 8. The van der Waals surface area contributed by atoms with E-state index in [0.717, 1.165) is 16.0 Å². The van der Waals surface area contributed by atoms with Crippen LogP contribution in [0.2, 0.25) is 0 Å². The van der Waals surface area contributed by atoms with Crippen molar-refractivity contribution in [1.82, 2.24) is 31.1 Å². The monoisotopic (exact) mass is 498 g/mol. The number of imide groups is 1. The molecule has 4 aliphatic heterocycles. The fourth-order valence-electron chi connectivity index (χ4n) is 5.75. The molecular formula is C23H30N8O5. The lowest BCUT2D eigenvalue weighted by molar-refractivity contribution is -0.233. The quantitative estimate of drug-likeness (QED) is 0.157. The fraction of sp³-hybridized carbons (Fsp3) is 0.522. The normalized spacial score (nSPS) is 30.5. The molecule has 1 spiro atoms. The number of likely N-dealkylation sites (tertiary alicyclic amines) is 1. The maximum atomic E-state index is 12.8. The highest BCUT2D eigenvalue weighted by Crippen LogP contribution is 2.43. The standard InChI is InChI=1S/C23H30N8O5/c1-12-3-2-4-13(9-12)5-6-16(32)27-15-11-31-21(25)26-14(10-30-17(33)7-8-18(30)34)19-22(31,23(15,35)36)29-20(24)28-19/h2-4,9,14-15,19,35-36H,5-8,10-11H2,1H3,(H2,25,26)(H,27,32)(H3,24,28,29)/t14-,15-,19-,22-/m0/s1. The lowest BCUT2D eigenvalue weighted by Gasteiger charge is -2.51. The zero-order chi connectivity index (χ0) is 25.8. The summed E-state index contributed by atoms with van der Waals surface area (Å²) in [7, 11) is 0. The van der Waals surface area contributed by atoms with Crippen LogP contribution >= 0.6 is 0 Å². The third kappa shape index (κ3) is 3.66. The summed E-state index contributed by atoms with van der Waals surface area (Å²) in [6.45, 7) is 1.75. The van der Waals surface area contributed by atoms with E-state index in [1.54, 1.807) is 0 Å². The van der Waals surface area contributed by atoms with Crippen molar-refractivity contribution in [2.45, 2.75) is 62.2 Å². The van der Waals surface area contributed by atoms with Gasteiger partial charge >= 0.3 is 0 Å². The van der Waals surface area contributed by atoms with Gasteiger partial charge in [0.1, 0.15) is 6.04 Å². The number of carbonyl (C=O) groups is 3. The largest absolute Gasteiger partial charge is 0.361 e. The number of rotatable bonds is 6. The summed E-state index contributed by atoms with van der Waals surface area (Å²) in [5.41, 5.74) is 0.287. The maximum absolute atomic E-state index is 12.8. The Labute approximate surface area is 207 Å². The van der Waals surface area contributed by atoms with Crippen molar-refractivity contribution in [2.75, 3.05) is 13.1 Å². The fourth-order valence-corrected chi connectivity index (χ4v) is 5.75. The van der Waals surface area contributed by atoms with Gasteiger partial charge in [0, 0.05) is 25.8 Å². The highest BCUT2D eigenvalue weighted by atomic mass is 16.5. The van der Waals surface area contributed by atoms with Gasteiger partial charge in [0.15, 0.2) is 17.6 Å². The molecule has 3 amide bonds. The second-order valence-electron chi connectivity index (χ2n) is 9.83. The van der Waals surface area contributed by atoms with Crippen molar-refractivity contribution >= 4 is 29.6 Å². The van der Waals surface area contributed by atoms with Crippen LogP contribution in [0.1, 0.15) is 30.4 Å². The summed E-state index contributed by atoms with van der Waals surface area (Å²) < 4.78 is 0. The molecule has 0 unspecified atom stereocenters. The van der Waals surface area contributed by atoms with E-state index in [0.29, 0.717) is 6.42 Å². The molecule has 4 fully saturated rings. The van der Waals surface area contributed by atoms with Crippen LogP contribution in [0, 0.1) is 17.7 Å². The molecule has 1 aromatic rings. The number of aliphatic hydroxyl groups is 2. The minimum absolute atomic E-state index is 0.104. The van der Waals surface area contributed by atoms with Gasteiger partial charge < -0.3 is 36.4 Å². The van der Waals surface area contributed by atoms with Crippen LogP contribution in [0.5, 0.6) is 0 Å². The third-order valence-electron chi connectivity index (χ3n) is 7.49. The molecule has 192 valence electrons. The maximum Gasteiger partial charge on any atom is 0.231 e. The first-order chi connectivity index (χ1) is 17.0. The zero-order valence-corrected chi connectivity index (χ0v) is 19.8. The molecule has 4 saturated heterocycles. The van der Waals surface area contributed by atoms with Crippen LogP contribution < -0.4 is 21.3 Å². The summed E-state index contributed by atoms with van der Waals surface area (Å²) in [5, 5.41) is 50.8. The minimum atomic E-state index is -2.60. The van der Waals surface area contributed by atoms with Crippen molar-refractivity contribution in [3.8, 4) is 0 Å². The molecule has 0 aliphatic carbocycles. The van der Waals surface area contributed by atoms with Crippen LogP contribution in [0.15, 0.2) is 24.3 Å². The van der Waals surface area contributed by atoms with E-state index in [9.17, 15) is 24.6 Å². The molecular weight excluding hydrogens is 468 g/mol. The van der Waals surface area contributed by atoms with Crippen LogP contribution in [0.3, 0.4) is 0 Å². The smallest absolute Gasteiger partial charge is 0.231 e. The topological polar surface area (TPSA) is 194 Å². The summed E-state index contributed by atoms with van der Waals surface area (Å²) >= 11 is 0. The van der Waals surface area contributed by atoms with E-state index >= 15 is 0 Å². The van der Waals surface area contributed by atoms with Crippen molar-refractivity contribution in [2.24, 2.45) is 0 Å². The van der Waals surface area contributed by atoms with Gasteiger partial charge in [0.25, 0.3) is 0 Å². The van der Waals surface area contributed by atoms with Crippen molar-refractivity contribution < 1.29 is 24.6 Å². The first-order valence-corrected chi connectivity index (χ1v) is 11.9. The predicted molar refractivity (Wildman–Crippen MR) is 126 cm³/mol. The Balaban J connectivity index is 1.36. The summed E-state index contributed by atoms with van der Waals surface area (Å²) in [5.74, 6) is -4.04. The molecule has 0 aromatic heterocycles. The lowest BCUT2D eigenvalue weighted by atomic mass is 9.84. The van der Waals surface area contributed by atoms with Crippen LogP contribution in [0.25, 0.3) is 0 Å². The number of nitrogens with one attached hydrogen (secondary N) is 6. The molecule has 13 heteroatoms. The van der Waals surface area contributed by atoms with Gasteiger partial charge in [-0.2, -0.15) is 0 Å². The van der Waals surface area contributed by atoms with Gasteiger partial charge in [-0.1, -0.05) is 29.8 Å². The van der Waals surface area contributed by atoms with Gasteiger partial charge in [-0.05, 0) is 18.9 Å². The molecule has 13 nitrogen and oxygen atoms in total. The highest BCUT2D eigenvalue weighted by molar-refractivity contribution is 6.02. The number of nitrogens with zero attached hydrogens (tertiary/aromatic N) is 2. The third-order valence-corrected chi connectivity index (χ3v) is 7.49. The summed E-state index contributed by atoms with van der Waals surface area (Å²) in [4.78, 5) is 39.6. The molecule has 4 heterocycles. The Morgan fingerprint density at radius 2 is 1.92 bits per heavy atom. The molecule has 36 heavy (non-hydrogen) atoms. The van der Waals surface area contributed by atoms with Gasteiger partial charge in [0.2, 0.25) is 23.5 Å². The molecule has 1 aromatic carbocycles. The highest BCUT2D eigenvalue weighted by Gasteiger charge is 2.74. The lowest BCUT2D eigenvalue weighted by Crippen LogP contribution is -2.81. The Morgan fingerprint density at radius 3 is 2.61 bits per heavy atom. The van der Waals surface area contributed by atoms with E-state index in [1.165, 1.54) is 4.90 Å². The number of carbonyl (C=O) groups excluding carboxylic acids is 3. The molecule has 0 bridgehead atoms. The Bertz CT molecular complexity index is 1140. The molecule has 4 atom stereocenters. The zero-order valence-electron chi connectivity index (χ0n) is 19.8. The van der Waals surface area contributed by atoms with E-state index in [1.807, 2.05) is 31.2 Å². The molecule has 0 saturated carbocycles. The Morgan fingerprint density at radius 1 is 1.19 bits per heavy atom. The van der Waals surface area contributed by atoms with E-state index < -0.39 is 29.6 Å². The summed E-state index contributed by atoms with van der Waals surface area (Å²) in [6, 6.07) is 4.90. The van der Waals surface area contributed by atoms with Crippen LogP contribution in [-0.2, 0) is 20.8 Å². The van der Waals surface area contributed by atoms with Gasteiger partial charge in [-0.25, -0.2) is 0 Å². The Hall–Kier alpha value is -3.71. The van der Waals surface area contributed by atoms with Crippen LogP contribution in [-0.4, -0.2) is 92.3 Å². The first-order valence-electron chi connectivity index (χ1n) is 11.9. The molecule has 4 aliphatic rings. The van der Waals surface area contributed by atoms with E-state index in [-0.39, 0.29) is 62.0 Å². The van der Waals surface area contributed by atoms with Gasteiger partial charge in [-0.15, -0.1) is 0 Å². The average Bonchev–Trinajstić information content (AvgIpc) is 3.41. The average molecular weight is 499 g/mol. The summed E-state index contributed by atoms with van der Waals surface area (Å²) in [6.07, 6.45) is 0.814. The number of aryl methyl sites for hydroxylation is 2. The predicted octanol–water partition coefficient (Wildman–Crippen LogP) is -2.34. The van der Waals surface area contributed by atoms with E-state index in [4.69, 9.17) is 10.8 Å². The molecule has 0 radical (unpaired) electrons. The van der Waals surface area contributed by atoms with Crippen molar-refractivity contribution in [3.05, 3.63) is 35.4 Å².